The first-order chi connectivity index (χ1) is 14.1. The van der Waals surface area contributed by atoms with Crippen molar-refractivity contribution >= 4 is 5.91 Å². The lowest BCUT2D eigenvalue weighted by Gasteiger charge is -2.31. The molecule has 29 heavy (non-hydrogen) atoms. The van der Waals surface area contributed by atoms with Crippen LogP contribution < -0.4 is 4.74 Å². The number of likely N-dealkylation sites (tertiary alicyclic amines) is 1. The fourth-order valence-electron chi connectivity index (χ4n) is 3.54. The van der Waals surface area contributed by atoms with Crippen LogP contribution in [0.2, 0.25) is 0 Å². The number of benzene rings is 2. The van der Waals surface area contributed by atoms with Gasteiger partial charge in [0.25, 0.3) is 0 Å². The maximum absolute atomic E-state index is 13.1. The third kappa shape index (κ3) is 4.45. The minimum absolute atomic E-state index is 0.00488. The Hall–Kier alpha value is -3.22. The van der Waals surface area contributed by atoms with Crippen molar-refractivity contribution in [3.05, 3.63) is 65.8 Å². The summed E-state index contributed by atoms with van der Waals surface area (Å²) in [7, 11) is 1.62. The monoisotopic (exact) mass is 395 g/mol. The lowest BCUT2D eigenvalue weighted by molar-refractivity contribution is -0.131. The average Bonchev–Trinajstić information content (AvgIpc) is 3.25. The fraction of sp³-hybridized carbons (Fsp3) is 0.318. The number of carbonyl (C=O) groups is 1. The molecule has 0 radical (unpaired) electrons. The van der Waals surface area contributed by atoms with E-state index in [0.717, 1.165) is 30.7 Å². The molecule has 0 aliphatic carbocycles. The van der Waals surface area contributed by atoms with Crippen LogP contribution in [0.25, 0.3) is 11.5 Å². The summed E-state index contributed by atoms with van der Waals surface area (Å²) >= 11 is 0. The molecule has 1 amide bonds. The molecule has 1 aliphatic rings. The predicted octanol–water partition coefficient (Wildman–Crippen LogP) is 3.83. The summed E-state index contributed by atoms with van der Waals surface area (Å²) in [5.41, 5.74) is 1.63. The Labute approximate surface area is 168 Å². The molecule has 7 heteroatoms. The number of halogens is 1. The van der Waals surface area contributed by atoms with Gasteiger partial charge < -0.3 is 14.1 Å². The molecule has 6 nitrogen and oxygen atoms in total. The smallest absolute Gasteiger partial charge is 0.247 e. The van der Waals surface area contributed by atoms with Gasteiger partial charge in [0.05, 0.1) is 19.4 Å². The van der Waals surface area contributed by atoms with Gasteiger partial charge >= 0.3 is 0 Å². The first-order valence-electron chi connectivity index (χ1n) is 9.62. The number of methoxy groups -OCH3 is 1. The number of hydrogen-bond donors (Lipinski definition) is 0. The molecule has 1 aliphatic heterocycles. The Bertz CT molecular complexity index is 970. The number of carbonyl (C=O) groups excluding carboxylic acids is 1. The van der Waals surface area contributed by atoms with Gasteiger partial charge in [-0.15, -0.1) is 10.2 Å². The number of piperidine rings is 1. The normalized spacial score (nSPS) is 16.6. The van der Waals surface area contributed by atoms with Gasteiger partial charge in [0.1, 0.15) is 11.6 Å². The van der Waals surface area contributed by atoms with Gasteiger partial charge in [-0.3, -0.25) is 4.79 Å². The number of nitrogens with zero attached hydrogens (tertiary/aromatic N) is 3. The molecular weight excluding hydrogens is 373 g/mol. The second kappa shape index (κ2) is 8.43. The van der Waals surface area contributed by atoms with E-state index in [9.17, 15) is 9.18 Å². The molecule has 1 saturated heterocycles. The summed E-state index contributed by atoms with van der Waals surface area (Å²) in [4.78, 5) is 14.6. The van der Waals surface area contributed by atoms with Crippen LogP contribution >= 0.6 is 0 Å². The Balaban J connectivity index is 1.41. The zero-order chi connectivity index (χ0) is 20.2. The molecule has 2 heterocycles. The van der Waals surface area contributed by atoms with E-state index in [0.29, 0.717) is 30.3 Å². The topological polar surface area (TPSA) is 68.5 Å². The maximum atomic E-state index is 13.1. The van der Waals surface area contributed by atoms with Gasteiger partial charge in [0.15, 0.2) is 0 Å². The number of hydrogen-bond acceptors (Lipinski definition) is 5. The van der Waals surface area contributed by atoms with Crippen LogP contribution in [0, 0.1) is 5.82 Å². The van der Waals surface area contributed by atoms with Crippen LogP contribution in [0.1, 0.15) is 30.2 Å². The van der Waals surface area contributed by atoms with Crippen molar-refractivity contribution in [1.82, 2.24) is 15.1 Å². The summed E-state index contributed by atoms with van der Waals surface area (Å²) in [6.07, 6.45) is 2.12. The summed E-state index contributed by atoms with van der Waals surface area (Å²) in [5.74, 6) is 1.43. The minimum atomic E-state index is -0.313. The first kappa shape index (κ1) is 19.1. The standard InChI is InChI=1S/C22H22FN3O3/c1-28-19-10-4-15(5-11-19)13-20(27)26-12-2-3-17(14-26)22-25-24-21(29-22)16-6-8-18(23)9-7-16/h4-11,17H,2-3,12-14H2,1H3. The lowest BCUT2D eigenvalue weighted by Crippen LogP contribution is -2.40. The van der Waals surface area contributed by atoms with Gasteiger partial charge in [-0.25, -0.2) is 4.39 Å². The van der Waals surface area contributed by atoms with Crippen molar-refractivity contribution in [2.24, 2.45) is 0 Å². The van der Waals surface area contributed by atoms with Crippen LogP contribution in [0.15, 0.2) is 52.9 Å². The van der Waals surface area contributed by atoms with Crippen LogP contribution in [0.4, 0.5) is 4.39 Å². The van der Waals surface area contributed by atoms with E-state index in [1.807, 2.05) is 29.2 Å². The van der Waals surface area contributed by atoms with Gasteiger partial charge in [-0.2, -0.15) is 0 Å². The summed E-state index contributed by atoms with van der Waals surface area (Å²) in [5, 5.41) is 8.26. The van der Waals surface area contributed by atoms with Crippen molar-refractivity contribution in [3.8, 4) is 17.2 Å². The highest BCUT2D eigenvalue weighted by Gasteiger charge is 2.28. The summed E-state index contributed by atoms with van der Waals surface area (Å²) < 4.78 is 24.1. The molecule has 1 unspecified atom stereocenters. The van der Waals surface area contributed by atoms with Crippen molar-refractivity contribution in [2.75, 3.05) is 20.2 Å². The van der Waals surface area contributed by atoms with E-state index < -0.39 is 0 Å². The molecule has 2 aromatic carbocycles. The first-order valence-corrected chi connectivity index (χ1v) is 9.62. The largest absolute Gasteiger partial charge is 0.497 e. The second-order valence-corrected chi connectivity index (χ2v) is 7.16. The average molecular weight is 395 g/mol. The van der Waals surface area contributed by atoms with Gasteiger partial charge in [-0.05, 0) is 54.8 Å². The molecule has 0 spiro atoms. The highest BCUT2D eigenvalue weighted by molar-refractivity contribution is 5.79. The molecule has 1 aromatic heterocycles. The minimum Gasteiger partial charge on any atom is -0.497 e. The van der Waals surface area contributed by atoms with E-state index in [-0.39, 0.29) is 17.6 Å². The highest BCUT2D eigenvalue weighted by atomic mass is 19.1. The highest BCUT2D eigenvalue weighted by Crippen LogP contribution is 2.29. The van der Waals surface area contributed by atoms with Crippen LogP contribution in [-0.2, 0) is 11.2 Å². The Morgan fingerprint density at radius 2 is 1.93 bits per heavy atom. The van der Waals surface area contributed by atoms with E-state index in [4.69, 9.17) is 9.15 Å². The zero-order valence-electron chi connectivity index (χ0n) is 16.2. The molecule has 150 valence electrons. The van der Waals surface area contributed by atoms with Crippen molar-refractivity contribution < 1.29 is 18.3 Å². The van der Waals surface area contributed by atoms with Crippen molar-refractivity contribution in [3.63, 3.8) is 0 Å². The molecule has 1 fully saturated rings. The fourth-order valence-corrected chi connectivity index (χ4v) is 3.54. The molecule has 3 aromatic rings. The van der Waals surface area contributed by atoms with Crippen LogP contribution in [0.3, 0.4) is 0 Å². The lowest BCUT2D eigenvalue weighted by atomic mass is 9.97. The molecular formula is C22H22FN3O3. The van der Waals surface area contributed by atoms with Gasteiger partial charge in [-0.1, -0.05) is 12.1 Å². The van der Waals surface area contributed by atoms with Crippen LogP contribution in [0.5, 0.6) is 5.75 Å². The molecule has 4 rings (SSSR count). The number of amides is 1. The van der Waals surface area contributed by atoms with E-state index in [2.05, 4.69) is 10.2 Å². The quantitative estimate of drug-likeness (QED) is 0.657. The predicted molar refractivity (Wildman–Crippen MR) is 105 cm³/mol. The Morgan fingerprint density at radius 1 is 1.17 bits per heavy atom. The Kier molecular flexibility index (Phi) is 5.55. The van der Waals surface area contributed by atoms with E-state index >= 15 is 0 Å². The van der Waals surface area contributed by atoms with E-state index in [1.165, 1.54) is 12.1 Å². The van der Waals surface area contributed by atoms with Crippen LogP contribution in [-0.4, -0.2) is 41.2 Å². The molecule has 0 N–H and O–H groups in total. The zero-order valence-corrected chi connectivity index (χ0v) is 16.2. The van der Waals surface area contributed by atoms with E-state index in [1.54, 1.807) is 19.2 Å². The number of rotatable bonds is 5. The third-order valence-corrected chi connectivity index (χ3v) is 5.17. The number of aromatic nitrogens is 2. The maximum Gasteiger partial charge on any atom is 0.247 e. The summed E-state index contributed by atoms with van der Waals surface area (Å²) in [6, 6.07) is 13.5. The molecule has 0 bridgehead atoms. The Morgan fingerprint density at radius 3 is 2.66 bits per heavy atom. The number of ether oxygens (including phenoxy) is 1. The van der Waals surface area contributed by atoms with Crippen molar-refractivity contribution in [1.29, 1.82) is 0 Å². The van der Waals surface area contributed by atoms with Gasteiger partial charge in [0, 0.05) is 18.7 Å². The third-order valence-electron chi connectivity index (χ3n) is 5.17. The second-order valence-electron chi connectivity index (χ2n) is 7.16. The SMILES string of the molecule is COc1ccc(CC(=O)N2CCCC(c3nnc(-c4ccc(F)cc4)o3)C2)cc1. The summed E-state index contributed by atoms with van der Waals surface area (Å²) in [6.45, 7) is 1.28. The molecule has 0 saturated carbocycles. The molecule has 1 atom stereocenters. The van der Waals surface area contributed by atoms with Crippen molar-refractivity contribution in [2.45, 2.75) is 25.2 Å². The van der Waals surface area contributed by atoms with Gasteiger partial charge in [0.2, 0.25) is 17.7 Å².